The van der Waals surface area contributed by atoms with E-state index in [0.717, 1.165) is 5.56 Å². The largest absolute Gasteiger partial charge is 0.457 e. The average molecular weight is 562 g/mol. The summed E-state index contributed by atoms with van der Waals surface area (Å²) in [6.07, 6.45) is 1.13. The van der Waals surface area contributed by atoms with E-state index in [2.05, 4.69) is 16.6 Å². The SMILES string of the molecule is C=CC[C@H]1CN(C(=O)CN(Cc2ccccc2)C(=O)OC(C)(C)C)CC1(N=[N+]=[N-])C(=O)OCC(=O)c1ccccc1. The van der Waals surface area contributed by atoms with Gasteiger partial charge in [-0.2, -0.15) is 0 Å². The second kappa shape index (κ2) is 13.6. The number of carbonyl (C=O) groups excluding carboxylic acids is 4. The van der Waals surface area contributed by atoms with Gasteiger partial charge >= 0.3 is 12.1 Å². The third kappa shape index (κ3) is 8.18. The quantitative estimate of drug-likeness (QED) is 0.0950. The van der Waals surface area contributed by atoms with Gasteiger partial charge in [0.2, 0.25) is 5.91 Å². The highest BCUT2D eigenvalue weighted by molar-refractivity contribution is 5.98. The molecule has 3 rings (SSSR count). The van der Waals surface area contributed by atoms with Crippen LogP contribution in [-0.4, -0.2) is 70.9 Å². The van der Waals surface area contributed by atoms with Gasteiger partial charge in [0.25, 0.3) is 0 Å². The fraction of sp³-hybridized carbons (Fsp3) is 0.400. The summed E-state index contributed by atoms with van der Waals surface area (Å²) in [5.74, 6) is -2.45. The summed E-state index contributed by atoms with van der Waals surface area (Å²) in [6.45, 7) is 7.94. The van der Waals surface area contributed by atoms with E-state index in [1.54, 1.807) is 57.2 Å². The first kappa shape index (κ1) is 30.9. The molecule has 2 aromatic carbocycles. The summed E-state index contributed by atoms with van der Waals surface area (Å²) in [5.41, 5.74) is 7.99. The molecular formula is C30H35N5O6. The molecule has 0 saturated carbocycles. The fourth-order valence-electron chi connectivity index (χ4n) is 4.57. The molecule has 0 bridgehead atoms. The number of amides is 2. The van der Waals surface area contributed by atoms with Gasteiger partial charge < -0.3 is 14.4 Å². The standard InChI is InChI=1S/C30H35N5O6/c1-5-12-24-18-35(21-30(24,32-33-31)27(38)40-20-25(36)23-15-10-7-11-16-23)26(37)19-34(28(39)41-29(2,3)4)17-22-13-8-6-9-14-22/h5-11,13-16,24H,1,12,17-21H2,2-4H3/t24-,30?/m0/s1. The molecule has 11 heteroatoms. The van der Waals surface area contributed by atoms with Crippen molar-refractivity contribution >= 4 is 23.8 Å². The van der Waals surface area contributed by atoms with E-state index in [-0.39, 0.29) is 32.6 Å². The Bertz CT molecular complexity index is 1300. The number of allylic oxidation sites excluding steroid dienone is 1. The molecular weight excluding hydrogens is 526 g/mol. The number of likely N-dealkylation sites (tertiary alicyclic amines) is 1. The Morgan fingerprint density at radius 2 is 1.76 bits per heavy atom. The summed E-state index contributed by atoms with van der Waals surface area (Å²) in [4.78, 5) is 58.0. The lowest BCUT2D eigenvalue weighted by atomic mass is 9.85. The van der Waals surface area contributed by atoms with E-state index in [1.165, 1.54) is 9.80 Å². The molecule has 11 nitrogen and oxygen atoms in total. The van der Waals surface area contributed by atoms with Crippen molar-refractivity contribution in [3.05, 3.63) is 94.9 Å². The van der Waals surface area contributed by atoms with Crippen LogP contribution in [-0.2, 0) is 25.6 Å². The molecule has 1 heterocycles. The van der Waals surface area contributed by atoms with Gasteiger partial charge in [0.05, 0.1) is 0 Å². The van der Waals surface area contributed by atoms with E-state index in [9.17, 15) is 24.7 Å². The normalized spacial score (nSPS) is 18.1. The van der Waals surface area contributed by atoms with Crippen LogP contribution in [0.1, 0.15) is 43.1 Å². The molecule has 0 aromatic heterocycles. The van der Waals surface area contributed by atoms with E-state index in [4.69, 9.17) is 9.47 Å². The van der Waals surface area contributed by atoms with Crippen LogP contribution in [0.15, 0.2) is 78.4 Å². The third-order valence-electron chi connectivity index (χ3n) is 6.55. The Labute approximate surface area is 239 Å². The number of hydrogen-bond acceptors (Lipinski definition) is 7. The molecule has 0 N–H and O–H groups in total. The van der Waals surface area contributed by atoms with Crippen LogP contribution in [0.25, 0.3) is 10.4 Å². The first-order chi connectivity index (χ1) is 19.5. The van der Waals surface area contributed by atoms with E-state index in [0.29, 0.717) is 5.56 Å². The minimum absolute atomic E-state index is 0.0547. The van der Waals surface area contributed by atoms with Gasteiger partial charge in [0.1, 0.15) is 12.1 Å². The number of ketones is 1. The van der Waals surface area contributed by atoms with Gasteiger partial charge in [-0.1, -0.05) is 71.9 Å². The van der Waals surface area contributed by atoms with Gasteiger partial charge in [-0.3, -0.25) is 19.3 Å². The predicted octanol–water partition coefficient (Wildman–Crippen LogP) is 4.93. The summed E-state index contributed by atoms with van der Waals surface area (Å²) in [7, 11) is 0. The number of azide groups is 1. The molecule has 1 unspecified atom stereocenters. The minimum Gasteiger partial charge on any atom is -0.457 e. The van der Waals surface area contributed by atoms with Crippen LogP contribution < -0.4 is 0 Å². The maximum atomic E-state index is 13.5. The number of rotatable bonds is 11. The van der Waals surface area contributed by atoms with Crippen molar-refractivity contribution in [1.29, 1.82) is 0 Å². The van der Waals surface area contributed by atoms with E-state index >= 15 is 0 Å². The van der Waals surface area contributed by atoms with Crippen molar-refractivity contribution in [3.8, 4) is 0 Å². The fourth-order valence-corrected chi connectivity index (χ4v) is 4.57. The average Bonchev–Trinajstić information content (AvgIpc) is 3.31. The smallest absolute Gasteiger partial charge is 0.411 e. The predicted molar refractivity (Wildman–Crippen MR) is 152 cm³/mol. The molecule has 1 fully saturated rings. The molecule has 1 aliphatic heterocycles. The summed E-state index contributed by atoms with van der Waals surface area (Å²) >= 11 is 0. The zero-order chi connectivity index (χ0) is 30.0. The van der Waals surface area contributed by atoms with Gasteiger partial charge in [-0.25, -0.2) is 4.79 Å². The highest BCUT2D eigenvalue weighted by Gasteiger charge is 2.54. The van der Waals surface area contributed by atoms with Crippen LogP contribution in [0.4, 0.5) is 4.79 Å². The lowest BCUT2D eigenvalue weighted by molar-refractivity contribution is -0.150. The van der Waals surface area contributed by atoms with Crippen LogP contribution in [0.5, 0.6) is 0 Å². The first-order valence-corrected chi connectivity index (χ1v) is 13.2. The molecule has 216 valence electrons. The van der Waals surface area contributed by atoms with Gasteiger partial charge in [0.15, 0.2) is 17.9 Å². The topological polar surface area (TPSA) is 142 Å². The van der Waals surface area contributed by atoms with Gasteiger partial charge in [-0.15, -0.1) is 6.58 Å². The molecule has 2 atom stereocenters. The first-order valence-electron chi connectivity index (χ1n) is 13.2. The lowest BCUT2D eigenvalue weighted by Gasteiger charge is -2.29. The number of nitrogens with zero attached hydrogens (tertiary/aromatic N) is 5. The zero-order valence-corrected chi connectivity index (χ0v) is 23.6. The second-order valence-electron chi connectivity index (χ2n) is 10.8. The Hall–Kier alpha value is -4.63. The third-order valence-corrected chi connectivity index (χ3v) is 6.55. The highest BCUT2D eigenvalue weighted by Crippen LogP contribution is 2.36. The Morgan fingerprint density at radius 1 is 1.12 bits per heavy atom. The molecule has 2 aromatic rings. The number of ether oxygens (including phenoxy) is 2. The number of benzene rings is 2. The van der Waals surface area contributed by atoms with Crippen molar-refractivity contribution < 1.29 is 28.7 Å². The lowest BCUT2D eigenvalue weighted by Crippen LogP contribution is -2.48. The van der Waals surface area contributed by atoms with Crippen molar-refractivity contribution in [2.24, 2.45) is 11.0 Å². The maximum absolute atomic E-state index is 13.5. The number of esters is 1. The number of carbonyl (C=O) groups is 4. The molecule has 41 heavy (non-hydrogen) atoms. The van der Waals surface area contributed by atoms with Crippen molar-refractivity contribution in [3.63, 3.8) is 0 Å². The van der Waals surface area contributed by atoms with E-state index < -0.39 is 47.4 Å². The van der Waals surface area contributed by atoms with Crippen LogP contribution in [0.3, 0.4) is 0 Å². The Balaban J connectivity index is 1.81. The Morgan fingerprint density at radius 3 is 2.34 bits per heavy atom. The molecule has 1 saturated heterocycles. The van der Waals surface area contributed by atoms with Crippen molar-refractivity contribution in [2.75, 3.05) is 26.2 Å². The molecule has 0 aliphatic carbocycles. The van der Waals surface area contributed by atoms with Crippen LogP contribution in [0, 0.1) is 5.92 Å². The molecule has 0 spiro atoms. The highest BCUT2D eigenvalue weighted by atomic mass is 16.6. The van der Waals surface area contributed by atoms with Crippen molar-refractivity contribution in [1.82, 2.24) is 9.80 Å². The number of hydrogen-bond donors (Lipinski definition) is 0. The summed E-state index contributed by atoms with van der Waals surface area (Å²) < 4.78 is 10.9. The monoisotopic (exact) mass is 561 g/mol. The maximum Gasteiger partial charge on any atom is 0.411 e. The van der Waals surface area contributed by atoms with E-state index in [1.807, 2.05) is 30.3 Å². The zero-order valence-electron chi connectivity index (χ0n) is 23.6. The molecule has 1 aliphatic rings. The van der Waals surface area contributed by atoms with Crippen molar-refractivity contribution in [2.45, 2.75) is 44.9 Å². The number of Topliss-reactive ketones (excluding diaryl/α,β-unsaturated/α-hetero) is 1. The van der Waals surface area contributed by atoms with Crippen LogP contribution in [0.2, 0.25) is 0 Å². The second-order valence-corrected chi connectivity index (χ2v) is 10.8. The summed E-state index contributed by atoms with van der Waals surface area (Å²) in [5, 5.41) is 3.82. The van der Waals surface area contributed by atoms with Gasteiger partial charge in [-0.05, 0) is 38.3 Å². The summed E-state index contributed by atoms with van der Waals surface area (Å²) in [6, 6.07) is 17.5. The van der Waals surface area contributed by atoms with Crippen LogP contribution >= 0.6 is 0 Å². The molecule has 2 amide bonds. The Kier molecular flexibility index (Phi) is 10.3. The van der Waals surface area contributed by atoms with Gasteiger partial charge in [0, 0.05) is 36.0 Å². The molecule has 0 radical (unpaired) electrons. The minimum atomic E-state index is -1.77.